The molecule has 1 unspecified atom stereocenters. The topological polar surface area (TPSA) is 18.5 Å². The van der Waals surface area contributed by atoms with E-state index < -0.39 is 8.32 Å². The van der Waals surface area contributed by atoms with E-state index in [1.165, 1.54) is 44.9 Å². The lowest BCUT2D eigenvalue weighted by molar-refractivity contribution is 0.0529. The molecule has 0 heterocycles. The first-order chi connectivity index (χ1) is 14.9. The zero-order valence-electron chi connectivity index (χ0n) is 22.7. The molecule has 0 N–H and O–H groups in total. The van der Waals surface area contributed by atoms with Crippen LogP contribution >= 0.6 is 0 Å². The highest BCUT2D eigenvalue weighted by Gasteiger charge is 2.50. The maximum atomic E-state index is 6.85. The Bertz CT molecular complexity index is 700. The number of ether oxygens (including phenoxy) is 1. The van der Waals surface area contributed by atoms with E-state index in [4.69, 9.17) is 9.16 Å². The molecule has 0 spiro atoms. The van der Waals surface area contributed by atoms with Crippen molar-refractivity contribution in [2.75, 3.05) is 13.7 Å². The van der Waals surface area contributed by atoms with Crippen molar-refractivity contribution in [2.45, 2.75) is 117 Å². The maximum Gasteiger partial charge on any atom is 0.192 e. The predicted octanol–water partition coefficient (Wildman–Crippen LogP) is 8.55. The summed E-state index contributed by atoms with van der Waals surface area (Å²) in [7, 11) is 0.145. The lowest BCUT2D eigenvalue weighted by atomic mass is 9.61. The van der Waals surface area contributed by atoms with E-state index in [0.29, 0.717) is 17.4 Å². The van der Waals surface area contributed by atoms with Crippen molar-refractivity contribution >= 4 is 8.32 Å². The fraction of sp³-hybridized carbons (Fsp3) is 0.862. The fourth-order valence-corrected chi connectivity index (χ4v) is 8.44. The Balaban J connectivity index is 1.73. The van der Waals surface area contributed by atoms with Gasteiger partial charge in [0.25, 0.3) is 0 Å². The van der Waals surface area contributed by atoms with Crippen molar-refractivity contribution < 1.29 is 9.16 Å². The van der Waals surface area contributed by atoms with Crippen LogP contribution in [0.5, 0.6) is 0 Å². The Morgan fingerprint density at radius 2 is 1.88 bits per heavy atom. The van der Waals surface area contributed by atoms with Crippen LogP contribution in [0.15, 0.2) is 23.3 Å². The van der Waals surface area contributed by atoms with Crippen LogP contribution in [0, 0.1) is 29.1 Å². The smallest absolute Gasteiger partial charge is 0.192 e. The summed E-state index contributed by atoms with van der Waals surface area (Å²) in [5.74, 6) is 2.98. The molecule has 0 aromatic heterocycles. The van der Waals surface area contributed by atoms with Gasteiger partial charge in [0.15, 0.2) is 8.32 Å². The summed E-state index contributed by atoms with van der Waals surface area (Å²) in [5, 5.41) is 0.283. The molecule has 2 nitrogen and oxygen atoms in total. The average Bonchev–Trinajstić information content (AvgIpc) is 3.02. The molecule has 6 atom stereocenters. The number of hydrogen-bond acceptors (Lipinski definition) is 2. The average molecular weight is 461 g/mol. The molecule has 3 rings (SSSR count). The van der Waals surface area contributed by atoms with Gasteiger partial charge in [-0.05, 0) is 98.6 Å². The quantitative estimate of drug-likeness (QED) is 0.370. The molecule has 0 bridgehead atoms. The second-order valence-corrected chi connectivity index (χ2v) is 18.1. The lowest BCUT2D eigenvalue weighted by Gasteiger charge is -2.44. The zero-order valence-corrected chi connectivity index (χ0v) is 23.7. The van der Waals surface area contributed by atoms with Crippen LogP contribution in [-0.2, 0) is 9.16 Å². The van der Waals surface area contributed by atoms with Crippen LogP contribution in [0.3, 0.4) is 0 Å². The monoisotopic (exact) mass is 460 g/mol. The Morgan fingerprint density at radius 1 is 1.16 bits per heavy atom. The summed E-state index contributed by atoms with van der Waals surface area (Å²) >= 11 is 0. The first kappa shape index (κ1) is 26.2. The van der Waals surface area contributed by atoms with Crippen molar-refractivity contribution in [2.24, 2.45) is 29.1 Å². The molecule has 0 aromatic carbocycles. The van der Waals surface area contributed by atoms with E-state index in [2.05, 4.69) is 66.8 Å². The summed E-state index contributed by atoms with van der Waals surface area (Å²) in [6.45, 7) is 20.2. The maximum absolute atomic E-state index is 6.85. The van der Waals surface area contributed by atoms with Gasteiger partial charge < -0.3 is 9.16 Å². The van der Waals surface area contributed by atoms with Crippen molar-refractivity contribution in [3.05, 3.63) is 23.3 Å². The minimum absolute atomic E-state index is 0.283. The number of rotatable bonds is 6. The van der Waals surface area contributed by atoms with E-state index in [-0.39, 0.29) is 5.04 Å². The molecule has 32 heavy (non-hydrogen) atoms. The van der Waals surface area contributed by atoms with Crippen LogP contribution in [-0.4, -0.2) is 28.1 Å². The van der Waals surface area contributed by atoms with Gasteiger partial charge in [0.05, 0.1) is 0 Å². The molecule has 3 aliphatic rings. The number of hydrogen-bond donors (Lipinski definition) is 0. The standard InChI is InChI=1S/C29H52O2Si/c1-21-17-23(19-25(18-21)31-32(8,9)28(3,4)5)12-13-24-11-10-16-29(6)26(14-15-27(24)29)22(2)20-30-7/h12-13,21-22,25-27H,10-11,14-20H2,1-9H3/b23-12-,24-13+/t21-,22-,25+,26?,27+,29-/m1/s1. The van der Waals surface area contributed by atoms with E-state index in [9.17, 15) is 0 Å². The third-order valence-electron chi connectivity index (χ3n) is 9.72. The highest BCUT2D eigenvalue weighted by molar-refractivity contribution is 6.74. The zero-order chi connectivity index (χ0) is 23.7. The van der Waals surface area contributed by atoms with E-state index in [0.717, 1.165) is 30.8 Å². The number of allylic oxidation sites excluding steroid dienone is 3. The molecule has 3 saturated carbocycles. The second-order valence-electron chi connectivity index (χ2n) is 13.3. The highest BCUT2D eigenvalue weighted by Crippen LogP contribution is 2.59. The molecule has 3 heteroatoms. The van der Waals surface area contributed by atoms with Crippen LogP contribution in [0.1, 0.15) is 92.9 Å². The van der Waals surface area contributed by atoms with Gasteiger partial charge in [0.1, 0.15) is 0 Å². The minimum atomic E-state index is -1.71. The van der Waals surface area contributed by atoms with Crippen LogP contribution in [0.25, 0.3) is 0 Å². The Morgan fingerprint density at radius 3 is 2.53 bits per heavy atom. The van der Waals surface area contributed by atoms with E-state index >= 15 is 0 Å². The Hall–Kier alpha value is -0.383. The van der Waals surface area contributed by atoms with E-state index in [1.807, 2.05) is 7.11 Å². The van der Waals surface area contributed by atoms with Crippen LogP contribution < -0.4 is 0 Å². The third kappa shape index (κ3) is 5.63. The summed E-state index contributed by atoms with van der Waals surface area (Å²) in [5.41, 5.74) is 3.82. The molecule has 0 radical (unpaired) electrons. The summed E-state index contributed by atoms with van der Waals surface area (Å²) < 4.78 is 12.4. The van der Waals surface area contributed by atoms with Crippen molar-refractivity contribution in [1.82, 2.24) is 0 Å². The van der Waals surface area contributed by atoms with Gasteiger partial charge in [0.2, 0.25) is 0 Å². The van der Waals surface area contributed by atoms with Gasteiger partial charge in [-0.15, -0.1) is 0 Å². The van der Waals surface area contributed by atoms with E-state index in [1.54, 1.807) is 11.1 Å². The molecule has 0 aliphatic heterocycles. The summed E-state index contributed by atoms with van der Waals surface area (Å²) in [6.07, 6.45) is 15.9. The molecular weight excluding hydrogens is 408 g/mol. The molecule has 3 fully saturated rings. The van der Waals surface area contributed by atoms with Crippen molar-refractivity contribution in [3.8, 4) is 0 Å². The van der Waals surface area contributed by atoms with Gasteiger partial charge in [-0.2, -0.15) is 0 Å². The van der Waals surface area contributed by atoms with Gasteiger partial charge in [-0.25, -0.2) is 0 Å². The highest BCUT2D eigenvalue weighted by atomic mass is 28.4. The van der Waals surface area contributed by atoms with Crippen molar-refractivity contribution in [1.29, 1.82) is 0 Å². The molecule has 0 aromatic rings. The predicted molar refractivity (Wildman–Crippen MR) is 140 cm³/mol. The summed E-state index contributed by atoms with van der Waals surface area (Å²) in [6, 6.07) is 0. The SMILES string of the molecule is COC[C@@H](C)C1CC[C@H]2/C(=C/C=C3/C[C@@H](C)C[C@H](O[Si](C)(C)C(C)(C)C)C3)CCC[C@]12C. The Kier molecular flexibility index (Phi) is 8.26. The fourth-order valence-electron chi connectivity index (χ4n) is 7.08. The molecular formula is C29H52O2Si. The normalized spacial score (nSPS) is 37.7. The van der Waals surface area contributed by atoms with Crippen molar-refractivity contribution in [3.63, 3.8) is 0 Å². The third-order valence-corrected chi connectivity index (χ3v) is 14.3. The first-order valence-electron chi connectivity index (χ1n) is 13.4. The molecule has 184 valence electrons. The molecule has 3 aliphatic carbocycles. The Labute approximate surface area is 200 Å². The second kappa shape index (κ2) is 10.1. The van der Waals surface area contributed by atoms with Gasteiger partial charge in [-0.1, -0.05) is 64.8 Å². The molecule has 0 amide bonds. The lowest BCUT2D eigenvalue weighted by Crippen LogP contribution is -2.45. The number of fused-ring (bicyclic) bond motifs is 1. The molecule has 0 saturated heterocycles. The minimum Gasteiger partial charge on any atom is -0.414 e. The van der Waals surface area contributed by atoms with Crippen LogP contribution in [0.4, 0.5) is 0 Å². The first-order valence-corrected chi connectivity index (χ1v) is 16.3. The largest absolute Gasteiger partial charge is 0.414 e. The van der Waals surface area contributed by atoms with Gasteiger partial charge in [0, 0.05) is 19.8 Å². The van der Waals surface area contributed by atoms with Crippen LogP contribution in [0.2, 0.25) is 18.1 Å². The number of methoxy groups -OCH3 is 1. The van der Waals surface area contributed by atoms with Gasteiger partial charge >= 0.3 is 0 Å². The summed E-state index contributed by atoms with van der Waals surface area (Å²) in [4.78, 5) is 0. The van der Waals surface area contributed by atoms with Gasteiger partial charge in [-0.3, -0.25) is 0 Å².